The molecule has 32 heavy (non-hydrogen) atoms. The van der Waals surface area contributed by atoms with E-state index in [9.17, 15) is 4.79 Å². The zero-order valence-corrected chi connectivity index (χ0v) is 19.0. The Labute approximate surface area is 190 Å². The van der Waals surface area contributed by atoms with Crippen LogP contribution in [0.5, 0.6) is 0 Å². The Bertz CT molecular complexity index is 960. The Morgan fingerprint density at radius 1 is 0.906 bits per heavy atom. The molecule has 0 saturated carbocycles. The Morgan fingerprint density at radius 2 is 1.41 bits per heavy atom. The second kappa shape index (κ2) is 9.68. The summed E-state index contributed by atoms with van der Waals surface area (Å²) in [5.41, 5.74) is 2.92. The van der Waals surface area contributed by atoms with Crippen molar-refractivity contribution >= 4 is 5.97 Å². The zero-order chi connectivity index (χ0) is 22.6. The molecule has 3 aromatic rings. The van der Waals surface area contributed by atoms with Gasteiger partial charge >= 0.3 is 5.97 Å². The predicted molar refractivity (Wildman–Crippen MR) is 126 cm³/mol. The molecule has 0 N–H and O–H groups in total. The largest absolute Gasteiger partial charge is 0.459 e. The average molecular weight is 430 g/mol. The summed E-state index contributed by atoms with van der Waals surface area (Å²) in [4.78, 5) is 15.1. The van der Waals surface area contributed by atoms with Crippen LogP contribution < -0.4 is 0 Å². The molecular formula is C28H31NO3. The van der Waals surface area contributed by atoms with Crippen molar-refractivity contribution in [2.75, 3.05) is 13.2 Å². The standard InChI is InChI=1S/C28H31NO3/c1-28(2,3)32-25(30)19-29-24(21-13-7-4-8-14-21)20-31-27(29)26(22-15-9-5-10-16-22)23-17-11-6-12-18-23/h4-18,24,26-27H,19-20H2,1-3H3/t24-,27?/m0/s1. The van der Waals surface area contributed by atoms with Crippen LogP contribution in [0.1, 0.15) is 49.4 Å². The van der Waals surface area contributed by atoms with Crippen LogP contribution in [0.25, 0.3) is 0 Å². The van der Waals surface area contributed by atoms with Gasteiger partial charge in [-0.3, -0.25) is 9.69 Å². The van der Waals surface area contributed by atoms with Gasteiger partial charge in [0.1, 0.15) is 11.8 Å². The molecule has 0 aromatic heterocycles. The first-order chi connectivity index (χ1) is 15.4. The first-order valence-corrected chi connectivity index (χ1v) is 11.2. The molecule has 4 nitrogen and oxygen atoms in total. The molecule has 2 atom stereocenters. The van der Waals surface area contributed by atoms with Gasteiger partial charge in [0.15, 0.2) is 0 Å². The second-order valence-electron chi connectivity index (χ2n) is 9.21. The maximum Gasteiger partial charge on any atom is 0.320 e. The van der Waals surface area contributed by atoms with Crippen LogP contribution in [-0.4, -0.2) is 35.8 Å². The van der Waals surface area contributed by atoms with E-state index in [0.717, 1.165) is 16.7 Å². The van der Waals surface area contributed by atoms with E-state index in [1.54, 1.807) is 0 Å². The number of carbonyl (C=O) groups excluding carboxylic acids is 1. The number of hydrogen-bond acceptors (Lipinski definition) is 4. The van der Waals surface area contributed by atoms with Crippen molar-refractivity contribution in [2.45, 2.75) is 44.6 Å². The van der Waals surface area contributed by atoms with Crippen LogP contribution in [0.15, 0.2) is 91.0 Å². The summed E-state index contributed by atoms with van der Waals surface area (Å²) in [5.74, 6) is -0.276. The summed E-state index contributed by atoms with van der Waals surface area (Å²) in [6.45, 7) is 6.38. The molecule has 4 heteroatoms. The highest BCUT2D eigenvalue weighted by Gasteiger charge is 2.42. The summed E-state index contributed by atoms with van der Waals surface area (Å²) in [6, 6.07) is 31.0. The van der Waals surface area contributed by atoms with E-state index in [1.807, 2.05) is 75.4 Å². The van der Waals surface area contributed by atoms with Gasteiger partial charge in [0, 0.05) is 5.92 Å². The predicted octanol–water partition coefficient (Wildman–Crippen LogP) is 5.56. The van der Waals surface area contributed by atoms with Crippen molar-refractivity contribution in [3.8, 4) is 0 Å². The lowest BCUT2D eigenvalue weighted by molar-refractivity contribution is -0.158. The Balaban J connectivity index is 1.72. The third-order valence-corrected chi connectivity index (χ3v) is 5.67. The fraction of sp³-hybridized carbons (Fsp3) is 0.321. The quantitative estimate of drug-likeness (QED) is 0.481. The highest BCUT2D eigenvalue weighted by molar-refractivity contribution is 5.72. The Morgan fingerprint density at radius 3 is 1.91 bits per heavy atom. The zero-order valence-electron chi connectivity index (χ0n) is 19.0. The van der Waals surface area contributed by atoms with E-state index >= 15 is 0 Å². The lowest BCUT2D eigenvalue weighted by Gasteiger charge is -2.34. The van der Waals surface area contributed by atoms with E-state index in [1.165, 1.54) is 0 Å². The molecular weight excluding hydrogens is 398 g/mol. The molecule has 1 heterocycles. The minimum absolute atomic E-state index is 0.0244. The van der Waals surface area contributed by atoms with Crippen molar-refractivity contribution in [3.63, 3.8) is 0 Å². The number of hydrogen-bond donors (Lipinski definition) is 0. The number of ether oxygens (including phenoxy) is 2. The van der Waals surface area contributed by atoms with Crippen LogP contribution in [0, 0.1) is 0 Å². The van der Waals surface area contributed by atoms with E-state index in [0.29, 0.717) is 6.61 Å². The summed E-state index contributed by atoms with van der Waals surface area (Å²) in [7, 11) is 0. The van der Waals surface area contributed by atoms with Gasteiger partial charge in [0.25, 0.3) is 0 Å². The third kappa shape index (κ3) is 5.26. The highest BCUT2D eigenvalue weighted by atomic mass is 16.6. The molecule has 3 aromatic carbocycles. The van der Waals surface area contributed by atoms with Crippen molar-refractivity contribution in [1.29, 1.82) is 0 Å². The molecule has 1 aliphatic rings. The SMILES string of the molecule is CC(C)(C)OC(=O)CN1C(C(c2ccccc2)c2ccccc2)OC[C@H]1c1ccccc1. The number of nitrogens with zero attached hydrogens (tertiary/aromatic N) is 1. The van der Waals surface area contributed by atoms with Gasteiger partial charge in [0.2, 0.25) is 0 Å². The highest BCUT2D eigenvalue weighted by Crippen LogP contribution is 2.40. The normalized spacial score (nSPS) is 19.2. The van der Waals surface area contributed by atoms with Crippen LogP contribution in [-0.2, 0) is 14.3 Å². The van der Waals surface area contributed by atoms with Gasteiger partial charge in [-0.1, -0.05) is 91.0 Å². The smallest absolute Gasteiger partial charge is 0.320 e. The first-order valence-electron chi connectivity index (χ1n) is 11.2. The maximum absolute atomic E-state index is 12.9. The summed E-state index contributed by atoms with van der Waals surface area (Å²) in [5, 5.41) is 0. The third-order valence-electron chi connectivity index (χ3n) is 5.67. The summed E-state index contributed by atoms with van der Waals surface area (Å²) < 4.78 is 12.1. The van der Waals surface area contributed by atoms with Gasteiger partial charge in [-0.2, -0.15) is 0 Å². The van der Waals surface area contributed by atoms with Crippen molar-refractivity contribution in [1.82, 2.24) is 4.90 Å². The minimum Gasteiger partial charge on any atom is -0.459 e. The van der Waals surface area contributed by atoms with Gasteiger partial charge in [-0.05, 0) is 37.5 Å². The van der Waals surface area contributed by atoms with Crippen LogP contribution >= 0.6 is 0 Å². The molecule has 1 unspecified atom stereocenters. The molecule has 1 fully saturated rings. The van der Waals surface area contributed by atoms with Gasteiger partial charge < -0.3 is 9.47 Å². The summed E-state index contributed by atoms with van der Waals surface area (Å²) in [6.07, 6.45) is -0.294. The van der Waals surface area contributed by atoms with Crippen molar-refractivity contribution < 1.29 is 14.3 Å². The fourth-order valence-electron chi connectivity index (χ4n) is 4.37. The maximum atomic E-state index is 12.9. The topological polar surface area (TPSA) is 38.8 Å². The average Bonchev–Trinajstić information content (AvgIpc) is 3.17. The van der Waals surface area contributed by atoms with Crippen LogP contribution in [0.2, 0.25) is 0 Å². The van der Waals surface area contributed by atoms with Gasteiger partial charge in [-0.15, -0.1) is 0 Å². The molecule has 166 valence electrons. The molecule has 0 aliphatic carbocycles. The lowest BCUT2D eigenvalue weighted by Crippen LogP contribution is -2.42. The van der Waals surface area contributed by atoms with Crippen molar-refractivity contribution in [3.05, 3.63) is 108 Å². The van der Waals surface area contributed by atoms with E-state index in [-0.39, 0.29) is 30.7 Å². The second-order valence-corrected chi connectivity index (χ2v) is 9.21. The van der Waals surface area contributed by atoms with E-state index < -0.39 is 5.60 Å². The van der Waals surface area contributed by atoms with Crippen LogP contribution in [0.4, 0.5) is 0 Å². The first kappa shape index (κ1) is 22.3. The minimum atomic E-state index is -0.534. The molecule has 0 spiro atoms. The fourth-order valence-corrected chi connectivity index (χ4v) is 4.37. The van der Waals surface area contributed by atoms with Crippen LogP contribution in [0.3, 0.4) is 0 Å². The number of carbonyl (C=O) groups is 1. The molecule has 0 radical (unpaired) electrons. The molecule has 0 amide bonds. The summed E-state index contributed by atoms with van der Waals surface area (Å²) >= 11 is 0. The molecule has 1 saturated heterocycles. The van der Waals surface area contributed by atoms with E-state index in [4.69, 9.17) is 9.47 Å². The Hall–Kier alpha value is -2.95. The van der Waals surface area contributed by atoms with E-state index in [2.05, 4.69) is 41.3 Å². The van der Waals surface area contributed by atoms with Crippen molar-refractivity contribution in [2.24, 2.45) is 0 Å². The molecule has 1 aliphatic heterocycles. The molecule has 0 bridgehead atoms. The lowest BCUT2D eigenvalue weighted by atomic mass is 9.89. The Kier molecular flexibility index (Phi) is 6.73. The molecule has 4 rings (SSSR count). The monoisotopic (exact) mass is 429 g/mol. The van der Waals surface area contributed by atoms with Gasteiger partial charge in [0.05, 0.1) is 19.2 Å². The van der Waals surface area contributed by atoms with Gasteiger partial charge in [-0.25, -0.2) is 0 Å². The number of benzene rings is 3. The number of esters is 1. The number of rotatable bonds is 6.